The molecule has 1 aromatic carbocycles. The third kappa shape index (κ3) is 6.01. The first kappa shape index (κ1) is 21.8. The fourth-order valence-corrected chi connectivity index (χ4v) is 3.07. The Morgan fingerprint density at radius 1 is 0.964 bits per heavy atom. The summed E-state index contributed by atoms with van der Waals surface area (Å²) in [5.74, 6) is -2.72. The summed E-state index contributed by atoms with van der Waals surface area (Å²) in [6, 6.07) is 10.6. The summed E-state index contributed by atoms with van der Waals surface area (Å²) in [4.78, 5) is 35.8. The van der Waals surface area contributed by atoms with E-state index in [1.165, 1.54) is 5.69 Å². The van der Waals surface area contributed by atoms with E-state index in [1.807, 2.05) is 0 Å². The number of Topliss-reactive ketones (excluding diaryl/α,β-unsaturated/α-hetero) is 1. The smallest absolute Gasteiger partial charge is 0.335 e. The topological polar surface area (TPSA) is 139 Å². The van der Waals surface area contributed by atoms with Gasteiger partial charge >= 0.3 is 11.9 Å². The van der Waals surface area contributed by atoms with E-state index in [9.17, 15) is 14.4 Å². The number of carboxylic acid groups (broad SMARTS) is 2. The lowest BCUT2D eigenvalue weighted by atomic mass is 9.83. The van der Waals surface area contributed by atoms with Gasteiger partial charge in [-0.1, -0.05) is 18.2 Å². The minimum Gasteiger partial charge on any atom is -0.479 e. The molecule has 3 atom stereocenters. The van der Waals surface area contributed by atoms with Crippen molar-refractivity contribution in [2.45, 2.75) is 25.0 Å². The lowest BCUT2D eigenvalue weighted by Gasteiger charge is -2.38. The summed E-state index contributed by atoms with van der Waals surface area (Å²) in [5.41, 5.74) is 1.32. The molecule has 2 fully saturated rings. The van der Waals surface area contributed by atoms with Gasteiger partial charge in [-0.3, -0.25) is 9.69 Å². The molecule has 3 unspecified atom stereocenters. The minimum atomic E-state index is -2.27. The second-order valence-corrected chi connectivity index (χ2v) is 6.89. The van der Waals surface area contributed by atoms with Gasteiger partial charge in [-0.15, -0.1) is 0 Å². The number of nitrogens with zero attached hydrogens (tertiary/aromatic N) is 2. The van der Waals surface area contributed by atoms with E-state index in [2.05, 4.69) is 40.1 Å². The number of aliphatic carboxylic acids is 2. The summed E-state index contributed by atoms with van der Waals surface area (Å²) in [7, 11) is 0. The zero-order valence-corrected chi connectivity index (χ0v) is 15.5. The summed E-state index contributed by atoms with van der Waals surface area (Å²) in [5, 5.41) is 32.5. The molecule has 0 spiro atoms. The van der Waals surface area contributed by atoms with Crippen LogP contribution in [0, 0.1) is 5.92 Å². The molecule has 1 saturated carbocycles. The normalized spacial score (nSPS) is 21.7. The Bertz CT molecular complexity index is 656. The second-order valence-electron chi connectivity index (χ2n) is 6.89. The molecule has 1 saturated heterocycles. The van der Waals surface area contributed by atoms with Gasteiger partial charge in [0.25, 0.3) is 0 Å². The highest BCUT2D eigenvalue weighted by molar-refractivity contribution is 5.86. The highest BCUT2D eigenvalue weighted by Crippen LogP contribution is 2.24. The fourth-order valence-electron chi connectivity index (χ4n) is 3.07. The number of aliphatic hydroxyl groups is 2. The molecule has 28 heavy (non-hydrogen) atoms. The first-order valence-electron chi connectivity index (χ1n) is 9.16. The quantitative estimate of drug-likeness (QED) is 0.510. The maximum Gasteiger partial charge on any atom is 0.335 e. The van der Waals surface area contributed by atoms with Crippen LogP contribution in [0.15, 0.2) is 30.3 Å². The van der Waals surface area contributed by atoms with Crippen LogP contribution in [-0.4, -0.2) is 88.0 Å². The monoisotopic (exact) mass is 394 g/mol. The van der Waals surface area contributed by atoms with Crippen LogP contribution in [0.5, 0.6) is 0 Å². The van der Waals surface area contributed by atoms with Gasteiger partial charge in [-0.05, 0) is 18.6 Å². The van der Waals surface area contributed by atoms with E-state index in [0.717, 1.165) is 45.6 Å². The zero-order chi connectivity index (χ0) is 20.7. The molecule has 1 heterocycles. The van der Waals surface area contributed by atoms with Gasteiger partial charge in [0.2, 0.25) is 0 Å². The molecule has 9 heteroatoms. The summed E-state index contributed by atoms with van der Waals surface area (Å²) in [6.45, 7) is 5.30. The van der Waals surface area contributed by atoms with Crippen molar-refractivity contribution in [3.63, 3.8) is 0 Å². The number of carbonyl (C=O) groups excluding carboxylic acids is 1. The van der Waals surface area contributed by atoms with Gasteiger partial charge in [0.05, 0.1) is 0 Å². The van der Waals surface area contributed by atoms with E-state index in [0.29, 0.717) is 11.7 Å². The predicted molar refractivity (Wildman–Crippen MR) is 100 cm³/mol. The van der Waals surface area contributed by atoms with Crippen molar-refractivity contribution in [3.8, 4) is 0 Å². The molecule has 154 valence electrons. The van der Waals surface area contributed by atoms with Gasteiger partial charge in [-0.2, -0.15) is 0 Å². The number of hydrogen-bond donors (Lipinski definition) is 4. The van der Waals surface area contributed by atoms with Crippen molar-refractivity contribution in [1.82, 2.24) is 4.90 Å². The van der Waals surface area contributed by atoms with Crippen LogP contribution >= 0.6 is 0 Å². The van der Waals surface area contributed by atoms with E-state index in [4.69, 9.17) is 20.4 Å². The molecule has 2 aliphatic rings. The molecule has 0 amide bonds. The first-order chi connectivity index (χ1) is 13.3. The molecule has 0 aromatic heterocycles. The standard InChI is InChI=1S/C15H20N2O.C4H6O6/c18-15-7-6-13(15)12-16-8-10-17(11-9-16)14-4-2-1-3-5-14;5-1(3(7)8)2(6)4(9)10/h1-5,13H,6-12H2;1-2,5-6H,(H,7,8)(H,9,10). The summed E-state index contributed by atoms with van der Waals surface area (Å²) >= 11 is 0. The number of benzene rings is 1. The lowest BCUT2D eigenvalue weighted by molar-refractivity contribution is -0.165. The number of ketones is 1. The zero-order valence-electron chi connectivity index (χ0n) is 15.5. The Kier molecular flexibility index (Phi) is 7.91. The molecule has 0 bridgehead atoms. The Labute approximate surface area is 162 Å². The number of piperazine rings is 1. The molecule has 3 rings (SSSR count). The van der Waals surface area contributed by atoms with Crippen LogP contribution in [0.3, 0.4) is 0 Å². The van der Waals surface area contributed by atoms with Crippen molar-refractivity contribution in [3.05, 3.63) is 30.3 Å². The fraction of sp³-hybridized carbons (Fsp3) is 0.526. The Balaban J connectivity index is 0.000000242. The van der Waals surface area contributed by atoms with Crippen LogP contribution < -0.4 is 4.90 Å². The summed E-state index contributed by atoms with van der Waals surface area (Å²) in [6.07, 6.45) is -2.61. The van der Waals surface area contributed by atoms with Crippen LogP contribution in [-0.2, 0) is 14.4 Å². The van der Waals surface area contributed by atoms with Crippen LogP contribution in [0.25, 0.3) is 0 Å². The molecular weight excluding hydrogens is 368 g/mol. The van der Waals surface area contributed by atoms with Gasteiger partial charge in [0, 0.05) is 50.7 Å². The number of carbonyl (C=O) groups is 3. The molecular formula is C19H26N2O7. The van der Waals surface area contributed by atoms with Crippen molar-refractivity contribution in [1.29, 1.82) is 0 Å². The number of carboxylic acids is 2. The number of anilines is 1. The molecule has 4 N–H and O–H groups in total. The van der Waals surface area contributed by atoms with Crippen molar-refractivity contribution in [2.24, 2.45) is 5.92 Å². The molecule has 1 aliphatic carbocycles. The maximum absolute atomic E-state index is 11.4. The van der Waals surface area contributed by atoms with Crippen molar-refractivity contribution < 1.29 is 34.8 Å². The Morgan fingerprint density at radius 2 is 1.50 bits per heavy atom. The van der Waals surface area contributed by atoms with E-state index < -0.39 is 24.1 Å². The highest BCUT2D eigenvalue weighted by Gasteiger charge is 2.31. The highest BCUT2D eigenvalue weighted by atomic mass is 16.4. The Morgan fingerprint density at radius 3 is 1.89 bits per heavy atom. The molecule has 1 aromatic rings. The minimum absolute atomic E-state index is 0.341. The average molecular weight is 394 g/mol. The number of aliphatic hydroxyl groups excluding tert-OH is 2. The van der Waals surface area contributed by atoms with E-state index in [1.54, 1.807) is 0 Å². The third-order valence-electron chi connectivity index (χ3n) is 4.97. The Hall–Kier alpha value is -2.49. The van der Waals surface area contributed by atoms with Crippen molar-refractivity contribution in [2.75, 3.05) is 37.6 Å². The summed E-state index contributed by atoms with van der Waals surface area (Å²) < 4.78 is 0. The van der Waals surface area contributed by atoms with E-state index >= 15 is 0 Å². The third-order valence-corrected chi connectivity index (χ3v) is 4.97. The second kappa shape index (κ2) is 10.2. The average Bonchev–Trinajstić information content (AvgIpc) is 2.71. The number of hydrogen-bond acceptors (Lipinski definition) is 7. The largest absolute Gasteiger partial charge is 0.479 e. The number of rotatable bonds is 6. The van der Waals surface area contributed by atoms with E-state index in [-0.39, 0.29) is 0 Å². The van der Waals surface area contributed by atoms with Gasteiger partial charge in [-0.25, -0.2) is 9.59 Å². The molecule has 1 aliphatic heterocycles. The van der Waals surface area contributed by atoms with Crippen LogP contribution in [0.4, 0.5) is 5.69 Å². The molecule has 9 nitrogen and oxygen atoms in total. The lowest BCUT2D eigenvalue weighted by Crippen LogP contribution is -2.49. The number of para-hydroxylation sites is 1. The first-order valence-corrected chi connectivity index (χ1v) is 9.16. The predicted octanol–water partition coefficient (Wildman–Crippen LogP) is -0.335. The van der Waals surface area contributed by atoms with Crippen LogP contribution in [0.2, 0.25) is 0 Å². The van der Waals surface area contributed by atoms with Gasteiger partial charge in [0.1, 0.15) is 5.78 Å². The van der Waals surface area contributed by atoms with Gasteiger partial charge in [0.15, 0.2) is 12.2 Å². The van der Waals surface area contributed by atoms with Gasteiger partial charge < -0.3 is 25.3 Å². The molecule has 0 radical (unpaired) electrons. The van der Waals surface area contributed by atoms with Crippen molar-refractivity contribution >= 4 is 23.4 Å². The van der Waals surface area contributed by atoms with Crippen LogP contribution in [0.1, 0.15) is 12.8 Å². The SMILES string of the molecule is O=C(O)C(O)C(O)C(=O)O.O=C1CCC1CN1CCN(c2ccccc2)CC1. The maximum atomic E-state index is 11.4.